The molecule has 0 saturated heterocycles. The second kappa shape index (κ2) is 4.21. The first-order chi connectivity index (χ1) is 7.99. The van der Waals surface area contributed by atoms with Gasteiger partial charge in [0, 0.05) is 10.9 Å². The first kappa shape index (κ1) is 11.7. The van der Waals surface area contributed by atoms with Gasteiger partial charge in [-0.1, -0.05) is 0 Å². The van der Waals surface area contributed by atoms with Gasteiger partial charge in [0.15, 0.2) is 0 Å². The van der Waals surface area contributed by atoms with Crippen molar-refractivity contribution in [3.8, 4) is 11.3 Å². The summed E-state index contributed by atoms with van der Waals surface area (Å²) < 4.78 is 26.9. The van der Waals surface area contributed by atoms with E-state index in [1.807, 2.05) is 0 Å². The van der Waals surface area contributed by atoms with Crippen LogP contribution in [0.5, 0.6) is 0 Å². The molecule has 0 bridgehead atoms. The van der Waals surface area contributed by atoms with Crippen LogP contribution < -0.4 is 0 Å². The molecule has 3 nitrogen and oxygen atoms in total. The van der Waals surface area contributed by atoms with Crippen LogP contribution in [0.25, 0.3) is 11.3 Å². The minimum Gasteiger partial charge on any atom is -0.476 e. The lowest BCUT2D eigenvalue weighted by molar-refractivity contribution is 0.0696. The van der Waals surface area contributed by atoms with Crippen LogP contribution in [0.15, 0.2) is 17.5 Å². The summed E-state index contributed by atoms with van der Waals surface area (Å²) in [6, 6.07) is 2.08. The van der Waals surface area contributed by atoms with E-state index in [1.165, 1.54) is 12.3 Å². The maximum atomic E-state index is 13.6. The maximum Gasteiger partial charge on any atom is 0.365 e. The number of carboxylic acids is 1. The standard InChI is InChI=1S/C11H7F2NO2S/c1-5-2-8(13)6(3-7(5)12)9-4-17-10(14-9)11(15)16/h2-4H,1H3,(H,15,16). The van der Waals surface area contributed by atoms with Crippen molar-refractivity contribution in [3.05, 3.63) is 39.7 Å². The molecule has 1 aromatic heterocycles. The number of aromatic carboxylic acids is 1. The van der Waals surface area contributed by atoms with Crippen molar-refractivity contribution < 1.29 is 18.7 Å². The quantitative estimate of drug-likeness (QED) is 0.897. The summed E-state index contributed by atoms with van der Waals surface area (Å²) in [6.07, 6.45) is 0. The molecule has 0 aliphatic heterocycles. The molecule has 0 amide bonds. The number of carboxylic acid groups (broad SMARTS) is 1. The van der Waals surface area contributed by atoms with Gasteiger partial charge in [-0.2, -0.15) is 0 Å². The highest BCUT2D eigenvalue weighted by Crippen LogP contribution is 2.26. The highest BCUT2D eigenvalue weighted by molar-refractivity contribution is 7.11. The number of aryl methyl sites for hydroxylation is 1. The van der Waals surface area contributed by atoms with Crippen molar-refractivity contribution in [2.24, 2.45) is 0 Å². The molecule has 0 saturated carbocycles. The molecular weight excluding hydrogens is 248 g/mol. The maximum absolute atomic E-state index is 13.6. The Morgan fingerprint density at radius 3 is 2.65 bits per heavy atom. The third-order valence-electron chi connectivity index (χ3n) is 2.21. The van der Waals surface area contributed by atoms with Crippen LogP contribution in [0.4, 0.5) is 8.78 Å². The minimum atomic E-state index is -1.19. The first-order valence-electron chi connectivity index (χ1n) is 4.64. The predicted molar refractivity (Wildman–Crippen MR) is 59.2 cm³/mol. The number of aromatic nitrogens is 1. The van der Waals surface area contributed by atoms with E-state index in [1.54, 1.807) is 0 Å². The Morgan fingerprint density at radius 2 is 2.06 bits per heavy atom. The number of thiazole rings is 1. The molecule has 0 aliphatic carbocycles. The van der Waals surface area contributed by atoms with Gasteiger partial charge in [-0.15, -0.1) is 11.3 Å². The summed E-state index contributed by atoms with van der Waals surface area (Å²) in [5.74, 6) is -2.35. The number of halogens is 2. The molecule has 6 heteroatoms. The fraction of sp³-hybridized carbons (Fsp3) is 0.0909. The average Bonchev–Trinajstić information content (AvgIpc) is 2.72. The largest absolute Gasteiger partial charge is 0.476 e. The van der Waals surface area contributed by atoms with Crippen LogP contribution in [0.3, 0.4) is 0 Å². The first-order valence-corrected chi connectivity index (χ1v) is 5.52. The molecule has 0 atom stereocenters. The Bertz CT molecular complexity index is 595. The van der Waals surface area contributed by atoms with E-state index in [-0.39, 0.29) is 21.8 Å². The Labute approximate surface area is 99.4 Å². The highest BCUT2D eigenvalue weighted by Gasteiger charge is 2.15. The van der Waals surface area contributed by atoms with Crippen LogP contribution in [-0.4, -0.2) is 16.1 Å². The molecular formula is C11H7F2NO2S. The molecule has 17 heavy (non-hydrogen) atoms. The van der Waals surface area contributed by atoms with Gasteiger partial charge in [-0.05, 0) is 24.6 Å². The van der Waals surface area contributed by atoms with E-state index < -0.39 is 17.6 Å². The zero-order chi connectivity index (χ0) is 12.6. The third kappa shape index (κ3) is 2.16. The van der Waals surface area contributed by atoms with Crippen LogP contribution in [0.1, 0.15) is 15.4 Å². The zero-order valence-corrected chi connectivity index (χ0v) is 9.52. The number of carbonyl (C=O) groups is 1. The normalized spacial score (nSPS) is 10.5. The molecule has 0 radical (unpaired) electrons. The monoisotopic (exact) mass is 255 g/mol. The van der Waals surface area contributed by atoms with E-state index in [2.05, 4.69) is 4.98 Å². The van der Waals surface area contributed by atoms with Crippen molar-refractivity contribution in [3.63, 3.8) is 0 Å². The number of benzene rings is 1. The number of hydrogen-bond acceptors (Lipinski definition) is 3. The Balaban J connectivity index is 2.52. The summed E-state index contributed by atoms with van der Waals surface area (Å²) in [5, 5.41) is 9.93. The molecule has 1 heterocycles. The van der Waals surface area contributed by atoms with Gasteiger partial charge in [0.1, 0.15) is 11.6 Å². The Kier molecular flexibility index (Phi) is 2.89. The van der Waals surface area contributed by atoms with Crippen molar-refractivity contribution >= 4 is 17.3 Å². The molecule has 1 aromatic carbocycles. The van der Waals surface area contributed by atoms with Gasteiger partial charge >= 0.3 is 5.97 Å². The van der Waals surface area contributed by atoms with Crippen molar-refractivity contribution in [2.75, 3.05) is 0 Å². The van der Waals surface area contributed by atoms with Crippen LogP contribution in [-0.2, 0) is 0 Å². The fourth-order valence-electron chi connectivity index (χ4n) is 1.34. The lowest BCUT2D eigenvalue weighted by Crippen LogP contribution is -1.95. The molecule has 0 fully saturated rings. The van der Waals surface area contributed by atoms with Gasteiger partial charge in [-0.3, -0.25) is 0 Å². The lowest BCUT2D eigenvalue weighted by atomic mass is 10.1. The second-order valence-electron chi connectivity index (χ2n) is 3.42. The molecule has 88 valence electrons. The topological polar surface area (TPSA) is 50.2 Å². The van der Waals surface area contributed by atoms with E-state index in [0.717, 1.165) is 23.5 Å². The third-order valence-corrected chi connectivity index (χ3v) is 3.04. The van der Waals surface area contributed by atoms with Crippen LogP contribution in [0.2, 0.25) is 0 Å². The Morgan fingerprint density at radius 1 is 1.35 bits per heavy atom. The van der Waals surface area contributed by atoms with Crippen LogP contribution >= 0.6 is 11.3 Å². The second-order valence-corrected chi connectivity index (χ2v) is 4.28. The van der Waals surface area contributed by atoms with Crippen LogP contribution in [0, 0.1) is 18.6 Å². The Hall–Kier alpha value is -1.82. The predicted octanol–water partition coefficient (Wildman–Crippen LogP) is 3.09. The minimum absolute atomic E-state index is 0.0307. The van der Waals surface area contributed by atoms with Crippen molar-refractivity contribution in [1.29, 1.82) is 0 Å². The molecule has 0 unspecified atom stereocenters. The van der Waals surface area contributed by atoms with Gasteiger partial charge in [-0.25, -0.2) is 18.6 Å². The average molecular weight is 255 g/mol. The molecule has 2 aromatic rings. The van der Waals surface area contributed by atoms with E-state index in [4.69, 9.17) is 5.11 Å². The zero-order valence-electron chi connectivity index (χ0n) is 8.70. The summed E-state index contributed by atoms with van der Waals surface area (Å²) in [5.41, 5.74) is 0.292. The van der Waals surface area contributed by atoms with E-state index in [9.17, 15) is 13.6 Å². The van der Waals surface area contributed by atoms with Gasteiger partial charge < -0.3 is 5.11 Å². The number of rotatable bonds is 2. The molecule has 1 N–H and O–H groups in total. The van der Waals surface area contributed by atoms with Gasteiger partial charge in [0.2, 0.25) is 5.01 Å². The smallest absolute Gasteiger partial charge is 0.365 e. The SMILES string of the molecule is Cc1cc(F)c(-c2csc(C(=O)O)n2)cc1F. The molecule has 2 rings (SSSR count). The number of hydrogen-bond donors (Lipinski definition) is 1. The van der Waals surface area contributed by atoms with E-state index in [0.29, 0.717) is 0 Å². The van der Waals surface area contributed by atoms with Crippen molar-refractivity contribution in [1.82, 2.24) is 4.98 Å². The number of nitrogens with zero attached hydrogens (tertiary/aromatic N) is 1. The summed E-state index contributed by atoms with van der Waals surface area (Å²) >= 11 is 0.871. The molecule has 0 aliphatic rings. The molecule has 0 spiro atoms. The van der Waals surface area contributed by atoms with E-state index >= 15 is 0 Å². The highest BCUT2D eigenvalue weighted by atomic mass is 32.1. The van der Waals surface area contributed by atoms with Crippen molar-refractivity contribution in [2.45, 2.75) is 6.92 Å². The lowest BCUT2D eigenvalue weighted by Gasteiger charge is -2.02. The summed E-state index contributed by atoms with van der Waals surface area (Å²) in [4.78, 5) is 14.4. The fourth-order valence-corrected chi connectivity index (χ4v) is 1.99. The van der Waals surface area contributed by atoms with Gasteiger partial charge in [0.25, 0.3) is 0 Å². The summed E-state index contributed by atoms with van der Waals surface area (Å²) in [7, 11) is 0. The summed E-state index contributed by atoms with van der Waals surface area (Å²) in [6.45, 7) is 1.45. The van der Waals surface area contributed by atoms with Gasteiger partial charge in [0.05, 0.1) is 5.69 Å².